The van der Waals surface area contributed by atoms with Gasteiger partial charge in [0.25, 0.3) is 0 Å². The van der Waals surface area contributed by atoms with Crippen molar-refractivity contribution in [1.29, 1.82) is 0 Å². The molecule has 2 amide bonds. The minimum Gasteiger partial charge on any atom is -0.324 e. The molecule has 1 aromatic heterocycles. The number of carbonyl (C=O) groups excluding carboxylic acids is 2. The first-order valence-electron chi connectivity index (χ1n) is 6.64. The number of thioether (sulfide) groups is 1. The maximum Gasteiger partial charge on any atom is 0.229 e. The summed E-state index contributed by atoms with van der Waals surface area (Å²) in [5.41, 5.74) is 5.64. The van der Waals surface area contributed by atoms with Crippen molar-refractivity contribution < 1.29 is 9.59 Å². The lowest BCUT2D eigenvalue weighted by atomic mass is 10.4. The van der Waals surface area contributed by atoms with Crippen LogP contribution in [0.3, 0.4) is 0 Å². The van der Waals surface area contributed by atoms with Crippen molar-refractivity contribution in [2.45, 2.75) is 44.4 Å². The maximum absolute atomic E-state index is 11.5. The smallest absolute Gasteiger partial charge is 0.229 e. The van der Waals surface area contributed by atoms with Crippen LogP contribution in [-0.2, 0) is 16.1 Å². The highest BCUT2D eigenvalue weighted by Gasteiger charge is 2.28. The first-order valence-corrected chi connectivity index (χ1v) is 7.63. The highest BCUT2D eigenvalue weighted by molar-refractivity contribution is 7.99. The lowest BCUT2D eigenvalue weighted by Gasteiger charge is -2.15. The van der Waals surface area contributed by atoms with E-state index in [1.807, 2.05) is 18.4 Å². The fourth-order valence-electron chi connectivity index (χ4n) is 2.16. The molecule has 1 saturated heterocycles. The molecule has 0 aromatic carbocycles. The molecule has 2 rings (SSSR count). The van der Waals surface area contributed by atoms with Gasteiger partial charge in [0.1, 0.15) is 5.82 Å². The molecule has 2 N–H and O–H groups in total. The number of hydrogen-bond acceptors (Lipinski definition) is 6. The predicted molar refractivity (Wildman–Crippen MR) is 75.0 cm³/mol. The molecule has 0 radical (unpaired) electrons. The monoisotopic (exact) mass is 297 g/mol. The van der Waals surface area contributed by atoms with Crippen molar-refractivity contribution in [3.8, 4) is 0 Å². The van der Waals surface area contributed by atoms with Gasteiger partial charge < -0.3 is 10.3 Å². The van der Waals surface area contributed by atoms with E-state index < -0.39 is 0 Å². The van der Waals surface area contributed by atoms with Gasteiger partial charge in [-0.2, -0.15) is 0 Å². The molecule has 1 aromatic rings. The zero-order chi connectivity index (χ0) is 14.7. The van der Waals surface area contributed by atoms with Gasteiger partial charge in [0, 0.05) is 31.2 Å². The van der Waals surface area contributed by atoms with Crippen molar-refractivity contribution in [2.24, 2.45) is 5.73 Å². The Bertz CT molecular complexity index is 498. The van der Waals surface area contributed by atoms with E-state index in [4.69, 9.17) is 5.73 Å². The third kappa shape index (κ3) is 3.01. The number of rotatable bonds is 6. The standard InChI is InChI=1S/C12H19N5O2S/c1-8(2)17-9(7-13)14-15-12(17)20-6-5-16-10(18)3-4-11(16)19/h8H,3-7,13H2,1-2H3. The van der Waals surface area contributed by atoms with E-state index in [0.717, 1.165) is 11.0 Å². The number of amides is 2. The van der Waals surface area contributed by atoms with Crippen LogP contribution in [0.4, 0.5) is 0 Å². The summed E-state index contributed by atoms with van der Waals surface area (Å²) in [6, 6.07) is 0.223. The Morgan fingerprint density at radius 1 is 1.25 bits per heavy atom. The molecule has 0 unspecified atom stereocenters. The van der Waals surface area contributed by atoms with Crippen LogP contribution >= 0.6 is 11.8 Å². The summed E-state index contributed by atoms with van der Waals surface area (Å²) in [6.45, 7) is 4.85. The minimum absolute atomic E-state index is 0.0800. The number of nitrogens with two attached hydrogens (primary N) is 1. The summed E-state index contributed by atoms with van der Waals surface area (Å²) in [6.07, 6.45) is 0.673. The van der Waals surface area contributed by atoms with E-state index in [0.29, 0.717) is 31.7 Å². The van der Waals surface area contributed by atoms with Gasteiger partial charge in [0.2, 0.25) is 11.8 Å². The molecule has 1 aliphatic heterocycles. The fraction of sp³-hybridized carbons (Fsp3) is 0.667. The van der Waals surface area contributed by atoms with E-state index in [2.05, 4.69) is 10.2 Å². The van der Waals surface area contributed by atoms with Crippen molar-refractivity contribution in [1.82, 2.24) is 19.7 Å². The summed E-state index contributed by atoms with van der Waals surface area (Å²) in [5, 5.41) is 8.95. The first kappa shape index (κ1) is 15.0. The highest BCUT2D eigenvalue weighted by Crippen LogP contribution is 2.22. The van der Waals surface area contributed by atoms with Crippen LogP contribution in [0.25, 0.3) is 0 Å². The van der Waals surface area contributed by atoms with Crippen LogP contribution in [0.15, 0.2) is 5.16 Å². The number of hydrogen-bond donors (Lipinski definition) is 1. The Morgan fingerprint density at radius 3 is 2.45 bits per heavy atom. The van der Waals surface area contributed by atoms with Crippen molar-refractivity contribution >= 4 is 23.6 Å². The summed E-state index contributed by atoms with van der Waals surface area (Å²) >= 11 is 1.49. The van der Waals surface area contributed by atoms with Crippen LogP contribution in [0, 0.1) is 0 Å². The van der Waals surface area contributed by atoms with Crippen molar-refractivity contribution in [2.75, 3.05) is 12.3 Å². The van der Waals surface area contributed by atoms with E-state index >= 15 is 0 Å². The SMILES string of the molecule is CC(C)n1c(CN)nnc1SCCN1C(=O)CCC1=O. The molecule has 0 aliphatic carbocycles. The van der Waals surface area contributed by atoms with E-state index in [9.17, 15) is 9.59 Å². The van der Waals surface area contributed by atoms with Crippen LogP contribution in [0.2, 0.25) is 0 Å². The highest BCUT2D eigenvalue weighted by atomic mass is 32.2. The molecule has 7 nitrogen and oxygen atoms in total. The molecule has 1 aliphatic rings. The third-order valence-corrected chi connectivity index (χ3v) is 4.06. The van der Waals surface area contributed by atoms with Crippen LogP contribution in [-0.4, -0.2) is 43.8 Å². The van der Waals surface area contributed by atoms with Gasteiger partial charge in [-0.25, -0.2) is 0 Å². The summed E-state index contributed by atoms with van der Waals surface area (Å²) in [5.74, 6) is 1.20. The van der Waals surface area contributed by atoms with E-state index in [1.165, 1.54) is 16.7 Å². The van der Waals surface area contributed by atoms with Gasteiger partial charge in [-0.1, -0.05) is 11.8 Å². The molecule has 0 saturated carbocycles. The summed E-state index contributed by atoms with van der Waals surface area (Å²) in [7, 11) is 0. The molecule has 8 heteroatoms. The van der Waals surface area contributed by atoms with Gasteiger partial charge in [0.15, 0.2) is 5.16 Å². The molecule has 0 atom stereocenters. The number of aromatic nitrogens is 3. The Hall–Kier alpha value is -1.41. The Morgan fingerprint density at radius 2 is 1.90 bits per heavy atom. The van der Waals surface area contributed by atoms with Gasteiger partial charge >= 0.3 is 0 Å². The average molecular weight is 297 g/mol. The molecule has 20 heavy (non-hydrogen) atoms. The number of imide groups is 1. The predicted octanol–water partition coefficient (Wildman–Crippen LogP) is 0.559. The molecule has 110 valence electrons. The largest absolute Gasteiger partial charge is 0.324 e. The molecular weight excluding hydrogens is 278 g/mol. The quantitative estimate of drug-likeness (QED) is 0.609. The van der Waals surface area contributed by atoms with Gasteiger partial charge in [0.05, 0.1) is 6.54 Å². The lowest BCUT2D eigenvalue weighted by molar-refractivity contribution is -0.137. The van der Waals surface area contributed by atoms with Gasteiger partial charge in [-0.05, 0) is 13.8 Å². The molecule has 1 fully saturated rings. The van der Waals surface area contributed by atoms with Gasteiger partial charge in [-0.3, -0.25) is 14.5 Å². The zero-order valence-electron chi connectivity index (χ0n) is 11.7. The van der Waals surface area contributed by atoms with Gasteiger partial charge in [-0.15, -0.1) is 10.2 Å². The summed E-state index contributed by atoms with van der Waals surface area (Å²) in [4.78, 5) is 24.3. The fourth-order valence-corrected chi connectivity index (χ4v) is 3.17. The number of likely N-dealkylation sites (tertiary alicyclic amines) is 1. The van der Waals surface area contributed by atoms with E-state index in [1.54, 1.807) is 0 Å². The summed E-state index contributed by atoms with van der Waals surface area (Å²) < 4.78 is 1.98. The Balaban J connectivity index is 1.96. The maximum atomic E-state index is 11.5. The third-order valence-electron chi connectivity index (χ3n) is 3.14. The second kappa shape index (κ2) is 6.36. The minimum atomic E-state index is -0.0800. The molecule has 0 spiro atoms. The number of carbonyl (C=O) groups is 2. The second-order valence-corrected chi connectivity index (χ2v) is 5.92. The molecular formula is C12H19N5O2S. The zero-order valence-corrected chi connectivity index (χ0v) is 12.5. The first-order chi connectivity index (χ1) is 9.54. The second-order valence-electron chi connectivity index (χ2n) is 4.85. The Kier molecular flexibility index (Phi) is 4.77. The van der Waals surface area contributed by atoms with E-state index in [-0.39, 0.29) is 17.9 Å². The Labute approximate surface area is 121 Å². The molecule has 0 bridgehead atoms. The van der Waals surface area contributed by atoms with Crippen LogP contribution < -0.4 is 5.73 Å². The van der Waals surface area contributed by atoms with Crippen LogP contribution in [0.1, 0.15) is 38.6 Å². The number of nitrogens with zero attached hydrogens (tertiary/aromatic N) is 4. The topological polar surface area (TPSA) is 94.1 Å². The normalized spacial score (nSPS) is 15.7. The molecule has 2 heterocycles. The average Bonchev–Trinajstić information content (AvgIpc) is 2.96. The van der Waals surface area contributed by atoms with Crippen LogP contribution in [0.5, 0.6) is 0 Å². The van der Waals surface area contributed by atoms with Crippen molar-refractivity contribution in [3.05, 3.63) is 5.82 Å². The lowest BCUT2D eigenvalue weighted by Crippen LogP contribution is -2.31. The van der Waals surface area contributed by atoms with Crippen molar-refractivity contribution in [3.63, 3.8) is 0 Å².